The fraction of sp³-hybridized carbons (Fsp3) is 0.480. The highest BCUT2D eigenvalue weighted by atomic mass is 32.2. The molecule has 2 amide bonds. The summed E-state index contributed by atoms with van der Waals surface area (Å²) in [5.74, 6) is 2.00. The number of aromatic nitrogens is 1. The highest BCUT2D eigenvalue weighted by molar-refractivity contribution is 8.00. The molecule has 1 aromatic carbocycles. The monoisotopic (exact) mass is 499 g/mol. The number of carbonyl (C=O) groups is 2. The topological polar surface area (TPSA) is 95.2 Å². The van der Waals surface area contributed by atoms with Crippen LogP contribution in [0.5, 0.6) is 0 Å². The molecule has 0 spiro atoms. The van der Waals surface area contributed by atoms with E-state index in [4.69, 9.17) is 0 Å². The molecule has 2 aliphatic heterocycles. The van der Waals surface area contributed by atoms with E-state index in [-0.39, 0.29) is 11.8 Å². The molecular weight excluding hydrogens is 466 g/mol. The number of nitrogens with one attached hydrogen (secondary N) is 4. The number of hydrogen-bond donors (Lipinski definition) is 4. The van der Waals surface area contributed by atoms with Gasteiger partial charge >= 0.3 is 0 Å². The lowest BCUT2D eigenvalue weighted by atomic mass is 10.0. The van der Waals surface area contributed by atoms with Crippen molar-refractivity contribution in [2.45, 2.75) is 54.3 Å². The minimum atomic E-state index is -0.141. The number of rotatable bonds is 11. The lowest BCUT2D eigenvalue weighted by molar-refractivity contribution is -0.121. The molecule has 4 N–H and O–H groups in total. The van der Waals surface area contributed by atoms with Gasteiger partial charge in [-0.25, -0.2) is 0 Å². The maximum atomic E-state index is 12.5. The lowest BCUT2D eigenvalue weighted by Crippen LogP contribution is -2.36. The molecule has 34 heavy (non-hydrogen) atoms. The Bertz CT molecular complexity index is 1050. The van der Waals surface area contributed by atoms with Gasteiger partial charge in [-0.15, -0.1) is 11.8 Å². The summed E-state index contributed by atoms with van der Waals surface area (Å²) in [5.41, 5.74) is 1.47. The molecule has 2 saturated heterocycles. The van der Waals surface area contributed by atoms with Gasteiger partial charge in [0, 0.05) is 47.0 Å². The molecule has 0 bridgehead atoms. The summed E-state index contributed by atoms with van der Waals surface area (Å²) >= 11 is 3.65. The number of nitrogens with zero attached hydrogens (tertiary/aromatic N) is 1. The number of benzene rings is 1. The highest BCUT2D eigenvalue weighted by Crippen LogP contribution is 2.34. The average Bonchev–Trinajstić information content (AvgIpc) is 3.39. The maximum absolute atomic E-state index is 12.5. The molecule has 2 aliphatic rings. The average molecular weight is 500 g/mol. The number of unbranched alkanes of at least 4 members (excludes halogenated alkanes) is 1. The Hall–Kier alpha value is -2.39. The first kappa shape index (κ1) is 24.7. The summed E-state index contributed by atoms with van der Waals surface area (Å²) in [7, 11) is 0. The van der Waals surface area contributed by atoms with Crippen molar-refractivity contribution in [1.82, 2.24) is 26.3 Å². The molecule has 9 heteroatoms. The van der Waals surface area contributed by atoms with E-state index in [9.17, 15) is 9.59 Å². The van der Waals surface area contributed by atoms with E-state index in [1.165, 1.54) is 0 Å². The van der Waals surface area contributed by atoms with Gasteiger partial charge in [0.15, 0.2) is 0 Å². The van der Waals surface area contributed by atoms with Crippen LogP contribution in [0, 0.1) is 0 Å². The van der Waals surface area contributed by atoms with Crippen molar-refractivity contribution in [2.75, 3.05) is 25.1 Å². The number of carbonyl (C=O) groups excluding carboxylic acids is 2. The summed E-state index contributed by atoms with van der Waals surface area (Å²) in [4.78, 5) is 30.1. The Kier molecular flexibility index (Phi) is 8.61. The first-order valence-corrected chi connectivity index (χ1v) is 14.1. The number of hydrogen-bond acceptors (Lipinski definition) is 7. The van der Waals surface area contributed by atoms with Crippen molar-refractivity contribution in [1.29, 1.82) is 0 Å². The number of amides is 2. The van der Waals surface area contributed by atoms with Crippen LogP contribution in [0.2, 0.25) is 0 Å². The molecule has 182 valence electrons. The van der Waals surface area contributed by atoms with E-state index in [0.717, 1.165) is 46.6 Å². The van der Waals surface area contributed by atoms with Crippen molar-refractivity contribution >= 4 is 46.2 Å². The van der Waals surface area contributed by atoms with Crippen LogP contribution in [-0.4, -0.2) is 59.2 Å². The molecule has 3 heterocycles. The van der Waals surface area contributed by atoms with Crippen molar-refractivity contribution < 1.29 is 9.59 Å². The van der Waals surface area contributed by atoms with Crippen molar-refractivity contribution in [2.24, 2.45) is 0 Å². The zero-order chi connectivity index (χ0) is 23.9. The normalized spacial score (nSPS) is 21.1. The molecule has 2 fully saturated rings. The predicted molar refractivity (Wildman–Crippen MR) is 141 cm³/mol. The number of pyridine rings is 1. The van der Waals surface area contributed by atoms with Crippen molar-refractivity contribution in [3.05, 3.63) is 48.4 Å². The third-order valence-corrected chi connectivity index (χ3v) is 8.56. The highest BCUT2D eigenvalue weighted by Gasteiger charge is 2.40. The maximum Gasteiger partial charge on any atom is 0.252 e. The molecule has 0 unspecified atom stereocenters. The molecular formula is C25H33N5O2S2. The number of thioether (sulfide) groups is 2. The van der Waals surface area contributed by atoms with Crippen molar-refractivity contribution in [3.8, 4) is 0 Å². The van der Waals surface area contributed by atoms with Gasteiger partial charge in [-0.2, -0.15) is 11.8 Å². The van der Waals surface area contributed by atoms with Crippen LogP contribution in [0.3, 0.4) is 0 Å². The van der Waals surface area contributed by atoms with Crippen LogP contribution in [0.1, 0.15) is 42.5 Å². The third-order valence-electron chi connectivity index (χ3n) is 6.28. The second-order valence-corrected chi connectivity index (χ2v) is 10.9. The van der Waals surface area contributed by atoms with Crippen LogP contribution < -0.4 is 21.3 Å². The molecule has 2 aromatic rings. The molecule has 1 aromatic heterocycles. The van der Waals surface area contributed by atoms with E-state index < -0.39 is 0 Å². The second-order valence-electron chi connectivity index (χ2n) is 8.73. The third kappa shape index (κ3) is 6.18. The van der Waals surface area contributed by atoms with Crippen LogP contribution in [-0.2, 0) is 4.79 Å². The van der Waals surface area contributed by atoms with E-state index in [1.807, 2.05) is 42.3 Å². The zero-order valence-electron chi connectivity index (χ0n) is 19.6. The van der Waals surface area contributed by atoms with Gasteiger partial charge in [-0.1, -0.05) is 25.1 Å². The fourth-order valence-corrected chi connectivity index (χ4v) is 6.63. The van der Waals surface area contributed by atoms with Crippen LogP contribution in [0.25, 0.3) is 10.9 Å². The van der Waals surface area contributed by atoms with Gasteiger partial charge in [0.05, 0.1) is 29.0 Å². The largest absolute Gasteiger partial charge is 0.367 e. The van der Waals surface area contributed by atoms with Gasteiger partial charge in [0.25, 0.3) is 5.91 Å². The predicted octanol–water partition coefficient (Wildman–Crippen LogP) is 3.27. The SMILES string of the molecule is C=C1N[C@H]2[C@H](CS[C@H]2CCCCC(=O)NCCCNC(=O)c2cnc3c(SC)cccc3c2)N1. The minimum absolute atomic E-state index is 0.0839. The van der Waals surface area contributed by atoms with Crippen LogP contribution >= 0.6 is 23.5 Å². The summed E-state index contributed by atoms with van der Waals surface area (Å²) < 4.78 is 0. The van der Waals surface area contributed by atoms with Gasteiger partial charge in [-0.3, -0.25) is 14.6 Å². The first-order chi connectivity index (χ1) is 16.5. The molecule has 0 radical (unpaired) electrons. The summed E-state index contributed by atoms with van der Waals surface area (Å²) in [6, 6.07) is 8.82. The fourth-order valence-electron chi connectivity index (χ4n) is 4.51. The molecule has 0 saturated carbocycles. The Morgan fingerprint density at radius 1 is 1.21 bits per heavy atom. The molecule has 7 nitrogen and oxygen atoms in total. The number of fused-ring (bicyclic) bond motifs is 2. The summed E-state index contributed by atoms with van der Waals surface area (Å²) in [6.07, 6.45) is 7.96. The Labute approximate surface area is 209 Å². The van der Waals surface area contributed by atoms with E-state index >= 15 is 0 Å². The first-order valence-electron chi connectivity index (χ1n) is 11.9. The second kappa shape index (κ2) is 11.8. The van der Waals surface area contributed by atoms with Gasteiger partial charge in [-0.05, 0) is 37.7 Å². The van der Waals surface area contributed by atoms with Gasteiger partial charge in [0.2, 0.25) is 5.91 Å². The zero-order valence-corrected chi connectivity index (χ0v) is 21.2. The molecule has 3 atom stereocenters. The Morgan fingerprint density at radius 3 is 2.91 bits per heavy atom. The summed E-state index contributed by atoms with van der Waals surface area (Å²) in [5, 5.41) is 14.3. The Morgan fingerprint density at radius 2 is 2.06 bits per heavy atom. The van der Waals surface area contributed by atoms with E-state index in [1.54, 1.807) is 18.0 Å². The van der Waals surface area contributed by atoms with Gasteiger partial charge in [0.1, 0.15) is 0 Å². The Balaban J connectivity index is 1.08. The standard InChI is InChI=1S/C25H33N5O2S2/c1-16-29-19-15-34-21(24(19)30-16)8-3-4-10-22(31)26-11-6-12-27-25(32)18-13-17-7-5-9-20(33-2)23(17)28-14-18/h5,7,9,13-14,19,21,24,29-30H,1,3-4,6,8,10-12,15H2,2H3,(H,26,31)(H,27,32)/t19-,21-,24-/m0/s1. The smallest absolute Gasteiger partial charge is 0.252 e. The van der Waals surface area contributed by atoms with Crippen molar-refractivity contribution in [3.63, 3.8) is 0 Å². The van der Waals surface area contributed by atoms with E-state index in [2.05, 4.69) is 32.8 Å². The summed E-state index contributed by atoms with van der Waals surface area (Å²) in [6.45, 7) is 5.03. The van der Waals surface area contributed by atoms with Crippen LogP contribution in [0.4, 0.5) is 0 Å². The van der Waals surface area contributed by atoms with E-state index in [0.29, 0.717) is 48.8 Å². The molecule has 4 rings (SSSR count). The molecule has 0 aliphatic carbocycles. The quantitative estimate of drug-likeness (QED) is 0.278. The minimum Gasteiger partial charge on any atom is -0.367 e. The van der Waals surface area contributed by atoms with Crippen LogP contribution in [0.15, 0.2) is 47.8 Å². The lowest BCUT2D eigenvalue weighted by Gasteiger charge is -2.17. The van der Waals surface area contributed by atoms with Gasteiger partial charge < -0.3 is 21.3 Å². The number of para-hydroxylation sites is 1.